The maximum absolute atomic E-state index is 13.8. The second-order valence-electron chi connectivity index (χ2n) is 5.01. The predicted octanol–water partition coefficient (Wildman–Crippen LogP) is 3.28. The van der Waals surface area contributed by atoms with Crippen molar-refractivity contribution in [1.29, 1.82) is 0 Å². The van der Waals surface area contributed by atoms with Crippen molar-refractivity contribution in [1.82, 2.24) is 0 Å². The van der Waals surface area contributed by atoms with Crippen molar-refractivity contribution in [3.05, 3.63) is 0 Å². The molecule has 15 heavy (non-hydrogen) atoms. The van der Waals surface area contributed by atoms with E-state index in [2.05, 4.69) is 0 Å². The Morgan fingerprint density at radius 1 is 1.00 bits per heavy atom. The van der Waals surface area contributed by atoms with Gasteiger partial charge in [-0.15, -0.1) is 0 Å². The molecule has 1 nitrogen and oxygen atoms in total. The maximum Gasteiger partial charge on any atom is 0.137 e. The Balaban J connectivity index is 1.96. The van der Waals surface area contributed by atoms with Crippen molar-refractivity contribution in [2.45, 2.75) is 57.5 Å². The highest BCUT2D eigenvalue weighted by Crippen LogP contribution is 2.38. The summed E-state index contributed by atoms with van der Waals surface area (Å²) >= 11 is 0. The summed E-state index contributed by atoms with van der Waals surface area (Å²) < 4.78 is 32.9. The highest BCUT2D eigenvalue weighted by molar-refractivity contribution is 4.90. The number of ether oxygens (including phenoxy) is 1. The van der Waals surface area contributed by atoms with Crippen LogP contribution in [0.2, 0.25) is 0 Å². The average molecular weight is 218 g/mol. The van der Waals surface area contributed by atoms with E-state index in [9.17, 15) is 8.78 Å². The van der Waals surface area contributed by atoms with Gasteiger partial charge in [-0.3, -0.25) is 0 Å². The molecule has 1 heterocycles. The van der Waals surface area contributed by atoms with Gasteiger partial charge >= 0.3 is 0 Å². The Labute approximate surface area is 90.2 Å². The first-order valence-corrected chi connectivity index (χ1v) is 6.10. The minimum Gasteiger partial charge on any atom is -0.378 e. The van der Waals surface area contributed by atoms with Gasteiger partial charge in [0.05, 0.1) is 6.10 Å². The summed E-state index contributed by atoms with van der Waals surface area (Å²) in [5, 5.41) is 0. The van der Waals surface area contributed by atoms with Gasteiger partial charge in [-0.1, -0.05) is 6.92 Å². The molecule has 5 atom stereocenters. The summed E-state index contributed by atoms with van der Waals surface area (Å²) in [6, 6.07) is 0. The first kappa shape index (κ1) is 11.3. The molecule has 1 aliphatic carbocycles. The molecule has 3 heteroatoms. The highest BCUT2D eigenvalue weighted by Gasteiger charge is 2.42. The smallest absolute Gasteiger partial charge is 0.137 e. The van der Waals surface area contributed by atoms with Crippen molar-refractivity contribution < 1.29 is 13.5 Å². The van der Waals surface area contributed by atoms with Crippen LogP contribution in [0.1, 0.15) is 39.0 Å². The summed E-state index contributed by atoms with van der Waals surface area (Å²) in [4.78, 5) is 0. The number of hydrogen-bond acceptors (Lipinski definition) is 1. The van der Waals surface area contributed by atoms with Crippen LogP contribution in [0.25, 0.3) is 0 Å². The SMILES string of the molecule is CC1CCC(C2CCCCO2)C(F)C1F. The van der Waals surface area contributed by atoms with Gasteiger partial charge in [-0.05, 0) is 38.0 Å². The molecular formula is C12H20F2O. The number of alkyl halides is 2. The summed E-state index contributed by atoms with van der Waals surface area (Å²) in [5.74, 6) is -0.323. The number of rotatable bonds is 1. The Morgan fingerprint density at radius 2 is 1.80 bits per heavy atom. The minimum absolute atomic E-state index is 0.0282. The zero-order valence-corrected chi connectivity index (χ0v) is 9.29. The Morgan fingerprint density at radius 3 is 2.47 bits per heavy atom. The van der Waals surface area contributed by atoms with Gasteiger partial charge in [-0.2, -0.15) is 0 Å². The van der Waals surface area contributed by atoms with E-state index in [1.54, 1.807) is 6.92 Å². The molecule has 0 radical (unpaired) electrons. The summed E-state index contributed by atoms with van der Waals surface area (Å²) in [5.41, 5.74) is 0. The van der Waals surface area contributed by atoms with Crippen LogP contribution >= 0.6 is 0 Å². The second kappa shape index (κ2) is 4.77. The van der Waals surface area contributed by atoms with Crippen LogP contribution in [0.3, 0.4) is 0 Å². The summed E-state index contributed by atoms with van der Waals surface area (Å²) in [7, 11) is 0. The molecule has 5 unspecified atom stereocenters. The van der Waals surface area contributed by atoms with E-state index in [1.807, 2.05) is 0 Å². The van der Waals surface area contributed by atoms with E-state index >= 15 is 0 Å². The molecule has 0 N–H and O–H groups in total. The monoisotopic (exact) mass is 218 g/mol. The molecule has 0 aromatic carbocycles. The van der Waals surface area contributed by atoms with Crippen molar-refractivity contribution in [3.8, 4) is 0 Å². The number of halogens is 2. The van der Waals surface area contributed by atoms with E-state index in [4.69, 9.17) is 4.74 Å². The standard InChI is InChI=1S/C12H20F2O/c1-8-5-6-9(12(14)11(8)13)10-4-2-3-7-15-10/h8-12H,2-7H2,1H3. The van der Waals surface area contributed by atoms with E-state index in [0.717, 1.165) is 38.7 Å². The zero-order valence-electron chi connectivity index (χ0n) is 9.29. The van der Waals surface area contributed by atoms with Crippen molar-refractivity contribution in [2.24, 2.45) is 11.8 Å². The molecule has 0 bridgehead atoms. The quantitative estimate of drug-likeness (QED) is 0.656. The molecule has 0 amide bonds. The van der Waals surface area contributed by atoms with Crippen molar-refractivity contribution in [2.75, 3.05) is 6.61 Å². The van der Waals surface area contributed by atoms with Gasteiger partial charge in [0.15, 0.2) is 0 Å². The molecule has 1 aliphatic heterocycles. The summed E-state index contributed by atoms with van der Waals surface area (Å²) in [6.07, 6.45) is 2.03. The third-order valence-electron chi connectivity index (χ3n) is 3.90. The first-order chi connectivity index (χ1) is 7.20. The van der Waals surface area contributed by atoms with Gasteiger partial charge in [0.2, 0.25) is 0 Å². The van der Waals surface area contributed by atoms with Crippen LogP contribution in [0.15, 0.2) is 0 Å². The molecule has 88 valence electrons. The van der Waals surface area contributed by atoms with Crippen LogP contribution in [0, 0.1) is 11.8 Å². The van der Waals surface area contributed by atoms with E-state index in [-0.39, 0.29) is 17.9 Å². The van der Waals surface area contributed by atoms with Crippen LogP contribution in [-0.4, -0.2) is 25.1 Å². The lowest BCUT2D eigenvalue weighted by molar-refractivity contribution is -0.0815. The molecule has 0 aromatic rings. The summed E-state index contributed by atoms with van der Waals surface area (Å²) in [6.45, 7) is 2.52. The highest BCUT2D eigenvalue weighted by atomic mass is 19.2. The molecule has 0 aromatic heterocycles. The topological polar surface area (TPSA) is 9.23 Å². The lowest BCUT2D eigenvalue weighted by Gasteiger charge is -2.38. The third-order valence-corrected chi connectivity index (χ3v) is 3.90. The molecular weight excluding hydrogens is 198 g/mol. The van der Waals surface area contributed by atoms with E-state index in [0.29, 0.717) is 0 Å². The molecule has 2 rings (SSSR count). The largest absolute Gasteiger partial charge is 0.378 e. The maximum atomic E-state index is 13.8. The van der Waals surface area contributed by atoms with E-state index < -0.39 is 12.3 Å². The zero-order chi connectivity index (χ0) is 10.8. The Kier molecular flexibility index (Phi) is 3.60. The van der Waals surface area contributed by atoms with Gasteiger partial charge in [0.25, 0.3) is 0 Å². The number of hydrogen-bond donors (Lipinski definition) is 0. The predicted molar refractivity (Wildman–Crippen MR) is 55.3 cm³/mol. The van der Waals surface area contributed by atoms with Gasteiger partial charge in [-0.25, -0.2) is 8.78 Å². The Bertz CT molecular complexity index is 202. The van der Waals surface area contributed by atoms with Crippen LogP contribution < -0.4 is 0 Å². The molecule has 1 saturated heterocycles. The van der Waals surface area contributed by atoms with Gasteiger partial charge in [0.1, 0.15) is 12.3 Å². The van der Waals surface area contributed by atoms with Crippen LogP contribution in [0.4, 0.5) is 8.78 Å². The molecule has 0 spiro atoms. The fourth-order valence-electron chi connectivity index (χ4n) is 2.82. The molecule has 2 fully saturated rings. The Hall–Kier alpha value is -0.180. The van der Waals surface area contributed by atoms with Crippen LogP contribution in [-0.2, 0) is 4.74 Å². The lowest BCUT2D eigenvalue weighted by Crippen LogP contribution is -2.44. The normalized spacial score (nSPS) is 47.8. The molecule has 1 saturated carbocycles. The average Bonchev–Trinajstić information content (AvgIpc) is 2.27. The van der Waals surface area contributed by atoms with Crippen molar-refractivity contribution in [3.63, 3.8) is 0 Å². The fourth-order valence-corrected chi connectivity index (χ4v) is 2.82. The molecule has 2 aliphatic rings. The van der Waals surface area contributed by atoms with Crippen LogP contribution in [0.5, 0.6) is 0 Å². The fraction of sp³-hybridized carbons (Fsp3) is 1.00. The van der Waals surface area contributed by atoms with Crippen molar-refractivity contribution >= 4 is 0 Å². The minimum atomic E-state index is -1.31. The second-order valence-corrected chi connectivity index (χ2v) is 5.01. The van der Waals surface area contributed by atoms with E-state index in [1.165, 1.54) is 0 Å². The first-order valence-electron chi connectivity index (χ1n) is 6.10. The third kappa shape index (κ3) is 2.32. The van der Waals surface area contributed by atoms with Gasteiger partial charge in [0, 0.05) is 12.5 Å². The lowest BCUT2D eigenvalue weighted by atomic mass is 9.76. The van der Waals surface area contributed by atoms with Gasteiger partial charge < -0.3 is 4.74 Å².